The van der Waals surface area contributed by atoms with Gasteiger partial charge in [0.25, 0.3) is 0 Å². The molecule has 0 atom stereocenters. The third kappa shape index (κ3) is 2.90. The van der Waals surface area contributed by atoms with Gasteiger partial charge in [-0.3, -0.25) is 4.90 Å². The summed E-state index contributed by atoms with van der Waals surface area (Å²) in [7, 11) is 0. The van der Waals surface area contributed by atoms with Gasteiger partial charge in [0.1, 0.15) is 0 Å². The average molecular weight is 275 g/mol. The molecule has 1 aromatic heterocycles. The summed E-state index contributed by atoms with van der Waals surface area (Å²) >= 11 is 1.58. The van der Waals surface area contributed by atoms with E-state index in [1.165, 1.54) is 36.1 Å². The maximum Gasteiger partial charge on any atom is 0.181 e. The largest absolute Gasteiger partial charge is 0.375 e. The van der Waals surface area contributed by atoms with Crippen LogP contribution in [0.15, 0.2) is 18.2 Å². The van der Waals surface area contributed by atoms with Gasteiger partial charge in [0.15, 0.2) is 5.13 Å². The monoisotopic (exact) mass is 275 g/mol. The summed E-state index contributed by atoms with van der Waals surface area (Å²) in [6, 6.07) is 6.52. The fourth-order valence-corrected chi connectivity index (χ4v) is 3.49. The van der Waals surface area contributed by atoms with Crippen molar-refractivity contribution in [3.05, 3.63) is 23.8 Å². The number of hydrogen-bond donors (Lipinski definition) is 1. The van der Waals surface area contributed by atoms with Gasteiger partial charge in [-0.25, -0.2) is 4.98 Å². The highest BCUT2D eigenvalue weighted by atomic mass is 32.1. The van der Waals surface area contributed by atoms with Gasteiger partial charge in [-0.2, -0.15) is 0 Å². The second-order valence-corrected chi connectivity index (χ2v) is 6.54. The zero-order chi connectivity index (χ0) is 13.2. The number of benzene rings is 1. The first-order chi connectivity index (χ1) is 9.24. The summed E-state index contributed by atoms with van der Waals surface area (Å²) < 4.78 is 1.20. The molecule has 1 aliphatic carbocycles. The zero-order valence-corrected chi connectivity index (χ0v) is 12.2. The third-order valence-corrected chi connectivity index (χ3v) is 4.91. The lowest BCUT2D eigenvalue weighted by molar-refractivity contribution is 0.178. The molecule has 0 amide bonds. The topological polar surface area (TPSA) is 42.2 Å². The van der Waals surface area contributed by atoms with E-state index in [0.29, 0.717) is 5.13 Å². The number of thiazole rings is 1. The van der Waals surface area contributed by atoms with Crippen molar-refractivity contribution in [1.82, 2.24) is 9.88 Å². The minimum Gasteiger partial charge on any atom is -0.375 e. The molecule has 0 radical (unpaired) electrons. The van der Waals surface area contributed by atoms with Gasteiger partial charge in [-0.05, 0) is 43.0 Å². The molecule has 3 rings (SSSR count). The van der Waals surface area contributed by atoms with Crippen molar-refractivity contribution in [3.63, 3.8) is 0 Å². The van der Waals surface area contributed by atoms with Crippen molar-refractivity contribution >= 4 is 26.7 Å². The van der Waals surface area contributed by atoms with Crippen molar-refractivity contribution in [3.8, 4) is 0 Å². The molecule has 0 saturated heterocycles. The molecule has 1 aromatic carbocycles. The predicted octanol–water partition coefficient (Wildman–Crippen LogP) is 3.50. The van der Waals surface area contributed by atoms with E-state index in [1.54, 1.807) is 11.3 Å². The Morgan fingerprint density at radius 3 is 2.95 bits per heavy atom. The third-order valence-electron chi connectivity index (χ3n) is 4.06. The Bertz CT molecular complexity index is 560. The Morgan fingerprint density at radius 1 is 1.42 bits per heavy atom. The number of rotatable bonds is 5. The number of hydrogen-bond acceptors (Lipinski definition) is 4. The van der Waals surface area contributed by atoms with Crippen LogP contribution in [0.1, 0.15) is 31.7 Å². The van der Waals surface area contributed by atoms with Crippen LogP contribution in [0.2, 0.25) is 0 Å². The molecule has 1 saturated carbocycles. The number of nitrogens with two attached hydrogens (primary N) is 1. The first kappa shape index (κ1) is 12.9. The van der Waals surface area contributed by atoms with Gasteiger partial charge in [-0.15, -0.1) is 0 Å². The molecular formula is C15H21N3S. The summed E-state index contributed by atoms with van der Waals surface area (Å²) in [5.74, 6) is 0.933. The first-order valence-electron chi connectivity index (χ1n) is 7.12. The van der Waals surface area contributed by atoms with E-state index in [2.05, 4.69) is 35.0 Å². The molecule has 2 N–H and O–H groups in total. The molecule has 1 heterocycles. The van der Waals surface area contributed by atoms with Crippen LogP contribution in [0.3, 0.4) is 0 Å². The van der Waals surface area contributed by atoms with Crippen molar-refractivity contribution in [2.75, 3.05) is 18.8 Å². The maximum absolute atomic E-state index is 5.76. The standard InChI is InChI=1S/C15H21N3S/c1-2-18(9-11-4-3-5-11)10-12-6-7-13-14(8-12)19-15(16)17-13/h6-8,11H,2-5,9-10H2,1H3,(H2,16,17). The summed E-state index contributed by atoms with van der Waals surface area (Å²) in [5.41, 5.74) is 8.15. The van der Waals surface area contributed by atoms with Crippen molar-refractivity contribution < 1.29 is 0 Å². The first-order valence-corrected chi connectivity index (χ1v) is 7.93. The molecule has 0 aliphatic heterocycles. The van der Waals surface area contributed by atoms with Crippen LogP contribution in [0, 0.1) is 5.92 Å². The number of fused-ring (bicyclic) bond motifs is 1. The molecule has 1 aliphatic rings. The van der Waals surface area contributed by atoms with Crippen molar-refractivity contribution in [2.24, 2.45) is 5.92 Å². The molecule has 19 heavy (non-hydrogen) atoms. The molecule has 0 spiro atoms. The molecule has 4 heteroatoms. The van der Waals surface area contributed by atoms with Crippen LogP contribution in [0.4, 0.5) is 5.13 Å². The number of anilines is 1. The lowest BCUT2D eigenvalue weighted by Gasteiger charge is -2.31. The molecule has 0 unspecified atom stereocenters. The second kappa shape index (κ2) is 5.47. The number of aromatic nitrogens is 1. The predicted molar refractivity (Wildman–Crippen MR) is 82.3 cm³/mol. The molecule has 102 valence electrons. The smallest absolute Gasteiger partial charge is 0.181 e. The van der Waals surface area contributed by atoms with E-state index in [1.807, 2.05) is 0 Å². The van der Waals surface area contributed by atoms with E-state index < -0.39 is 0 Å². The summed E-state index contributed by atoms with van der Waals surface area (Å²) in [6.07, 6.45) is 4.26. The lowest BCUT2D eigenvalue weighted by Crippen LogP contribution is -2.32. The zero-order valence-electron chi connectivity index (χ0n) is 11.4. The maximum atomic E-state index is 5.76. The molecular weight excluding hydrogens is 254 g/mol. The number of nitrogen functional groups attached to an aromatic ring is 1. The van der Waals surface area contributed by atoms with Crippen LogP contribution in [-0.2, 0) is 6.54 Å². The van der Waals surface area contributed by atoms with E-state index >= 15 is 0 Å². The SMILES string of the molecule is CCN(Cc1ccc2nc(N)sc2c1)CC1CCC1. The average Bonchev–Trinajstić information content (AvgIpc) is 2.71. The van der Waals surface area contributed by atoms with Gasteiger partial charge >= 0.3 is 0 Å². The highest BCUT2D eigenvalue weighted by Gasteiger charge is 2.20. The van der Waals surface area contributed by atoms with Gasteiger partial charge in [-0.1, -0.05) is 30.7 Å². The lowest BCUT2D eigenvalue weighted by atomic mass is 9.85. The quantitative estimate of drug-likeness (QED) is 0.908. The van der Waals surface area contributed by atoms with E-state index in [-0.39, 0.29) is 0 Å². The van der Waals surface area contributed by atoms with E-state index in [9.17, 15) is 0 Å². The van der Waals surface area contributed by atoms with Crippen LogP contribution < -0.4 is 5.73 Å². The van der Waals surface area contributed by atoms with E-state index in [4.69, 9.17) is 5.73 Å². The van der Waals surface area contributed by atoms with Crippen LogP contribution >= 0.6 is 11.3 Å². The van der Waals surface area contributed by atoms with E-state index in [0.717, 1.165) is 24.5 Å². The van der Waals surface area contributed by atoms with Gasteiger partial charge < -0.3 is 5.73 Å². The van der Waals surface area contributed by atoms with Crippen LogP contribution in [-0.4, -0.2) is 23.0 Å². The van der Waals surface area contributed by atoms with Crippen LogP contribution in [0.25, 0.3) is 10.2 Å². The van der Waals surface area contributed by atoms with Gasteiger partial charge in [0.2, 0.25) is 0 Å². The minimum absolute atomic E-state index is 0.661. The molecule has 2 aromatic rings. The minimum atomic E-state index is 0.661. The normalized spacial score (nSPS) is 16.1. The highest BCUT2D eigenvalue weighted by molar-refractivity contribution is 7.22. The molecule has 1 fully saturated rings. The Balaban J connectivity index is 1.71. The van der Waals surface area contributed by atoms with Gasteiger partial charge in [0.05, 0.1) is 10.2 Å². The fourth-order valence-electron chi connectivity index (χ4n) is 2.69. The van der Waals surface area contributed by atoms with Crippen molar-refractivity contribution in [1.29, 1.82) is 0 Å². The Hall–Kier alpha value is -1.13. The second-order valence-electron chi connectivity index (χ2n) is 5.48. The summed E-state index contributed by atoms with van der Waals surface area (Å²) in [4.78, 5) is 6.86. The summed E-state index contributed by atoms with van der Waals surface area (Å²) in [6.45, 7) is 5.67. The molecule has 0 bridgehead atoms. The highest BCUT2D eigenvalue weighted by Crippen LogP contribution is 2.28. The molecule has 3 nitrogen and oxygen atoms in total. The number of nitrogens with zero attached hydrogens (tertiary/aromatic N) is 2. The Morgan fingerprint density at radius 2 is 2.26 bits per heavy atom. The fraction of sp³-hybridized carbons (Fsp3) is 0.533. The van der Waals surface area contributed by atoms with Gasteiger partial charge in [0, 0.05) is 13.1 Å². The Labute approximate surface area is 118 Å². The Kier molecular flexibility index (Phi) is 3.71. The van der Waals surface area contributed by atoms with Crippen molar-refractivity contribution in [2.45, 2.75) is 32.7 Å². The summed E-state index contributed by atoms with van der Waals surface area (Å²) in [5, 5.41) is 0.661. The van der Waals surface area contributed by atoms with Crippen LogP contribution in [0.5, 0.6) is 0 Å².